The molecule has 220 valence electrons. The first-order valence-electron chi connectivity index (χ1n) is 13.2. The highest BCUT2D eigenvalue weighted by Crippen LogP contribution is 2.23. The lowest BCUT2D eigenvalue weighted by Crippen LogP contribution is -2.26. The number of carboxylic acid groups (broad SMARTS) is 2. The van der Waals surface area contributed by atoms with Gasteiger partial charge in [0.05, 0.1) is 39.0 Å². The molecular weight excluding hydrogens is 552 g/mol. The van der Waals surface area contributed by atoms with Crippen LogP contribution in [0.25, 0.3) is 0 Å². The van der Waals surface area contributed by atoms with Crippen LogP contribution in [0.3, 0.4) is 0 Å². The number of hydrogen-bond donors (Lipinski definition) is 2. The van der Waals surface area contributed by atoms with Crippen molar-refractivity contribution in [2.45, 2.75) is 19.3 Å². The van der Waals surface area contributed by atoms with E-state index in [1.54, 1.807) is 60.7 Å². The first-order chi connectivity index (χ1) is 20.6. The van der Waals surface area contributed by atoms with Crippen molar-refractivity contribution in [1.82, 2.24) is 0 Å². The zero-order valence-electron chi connectivity index (χ0n) is 23.5. The second-order valence-electron chi connectivity index (χ2n) is 9.66. The first-order valence-corrected chi connectivity index (χ1v) is 13.2. The van der Waals surface area contributed by atoms with Gasteiger partial charge in [0.15, 0.2) is 0 Å². The predicted molar refractivity (Wildman–Crippen MR) is 155 cm³/mol. The van der Waals surface area contributed by atoms with E-state index < -0.39 is 23.8 Å². The summed E-state index contributed by atoms with van der Waals surface area (Å²) in [6, 6.07) is 22.7. The SMILES string of the molecule is COc1ccc(CC(=O)Nc2ccc(Cc3ccc(NC(=O)Cc4ccc(OC)cc4)c(C(=O)[O-])c3)cc2C(=O)[O-])cc1. The lowest BCUT2D eigenvalue weighted by atomic mass is 9.99. The Morgan fingerprint density at radius 1 is 0.558 bits per heavy atom. The van der Waals surface area contributed by atoms with Crippen LogP contribution in [0, 0.1) is 0 Å². The molecule has 2 amide bonds. The quantitative estimate of drug-likeness (QED) is 0.259. The zero-order valence-corrected chi connectivity index (χ0v) is 23.5. The Morgan fingerprint density at radius 2 is 0.907 bits per heavy atom. The third kappa shape index (κ3) is 8.20. The minimum absolute atomic E-state index is 0.0210. The van der Waals surface area contributed by atoms with Gasteiger partial charge in [0.25, 0.3) is 0 Å². The van der Waals surface area contributed by atoms with Gasteiger partial charge in [-0.1, -0.05) is 36.4 Å². The summed E-state index contributed by atoms with van der Waals surface area (Å²) >= 11 is 0. The van der Waals surface area contributed by atoms with Crippen LogP contribution < -0.4 is 30.3 Å². The molecule has 0 unspecified atom stereocenters. The average molecular weight is 581 g/mol. The summed E-state index contributed by atoms with van der Waals surface area (Å²) in [6.45, 7) is 0. The summed E-state index contributed by atoms with van der Waals surface area (Å²) in [5, 5.41) is 29.0. The maximum Gasteiger partial charge on any atom is 0.228 e. The van der Waals surface area contributed by atoms with Gasteiger partial charge < -0.3 is 39.9 Å². The van der Waals surface area contributed by atoms with E-state index in [1.165, 1.54) is 38.5 Å². The third-order valence-corrected chi connectivity index (χ3v) is 6.61. The topological polar surface area (TPSA) is 157 Å². The van der Waals surface area contributed by atoms with Crippen LogP contribution in [-0.4, -0.2) is 38.0 Å². The number of carbonyl (C=O) groups is 4. The van der Waals surface area contributed by atoms with Gasteiger partial charge in [-0.25, -0.2) is 0 Å². The molecule has 0 aliphatic carbocycles. The van der Waals surface area contributed by atoms with E-state index in [1.807, 2.05) is 0 Å². The van der Waals surface area contributed by atoms with Crippen LogP contribution in [0.1, 0.15) is 43.0 Å². The van der Waals surface area contributed by atoms with E-state index in [2.05, 4.69) is 10.6 Å². The van der Waals surface area contributed by atoms with Crippen molar-refractivity contribution in [3.63, 3.8) is 0 Å². The van der Waals surface area contributed by atoms with E-state index in [9.17, 15) is 29.4 Å². The number of aromatic carboxylic acids is 2. The van der Waals surface area contributed by atoms with Crippen LogP contribution in [0.5, 0.6) is 11.5 Å². The molecule has 0 radical (unpaired) electrons. The number of carbonyl (C=O) groups excluding carboxylic acids is 4. The number of rotatable bonds is 12. The van der Waals surface area contributed by atoms with Gasteiger partial charge in [0, 0.05) is 22.5 Å². The molecule has 0 aliphatic rings. The van der Waals surface area contributed by atoms with Gasteiger partial charge in [-0.05, 0) is 77.2 Å². The number of nitrogens with one attached hydrogen (secondary N) is 2. The van der Waals surface area contributed by atoms with Crippen molar-refractivity contribution in [1.29, 1.82) is 0 Å². The molecule has 0 saturated carbocycles. The van der Waals surface area contributed by atoms with Gasteiger partial charge in [-0.2, -0.15) is 0 Å². The number of ether oxygens (including phenoxy) is 2. The van der Waals surface area contributed by atoms with E-state index in [0.29, 0.717) is 33.8 Å². The van der Waals surface area contributed by atoms with Crippen molar-refractivity contribution in [2.75, 3.05) is 24.9 Å². The highest BCUT2D eigenvalue weighted by atomic mass is 16.5. The molecule has 43 heavy (non-hydrogen) atoms. The molecular formula is C33H28N2O8-2. The number of amides is 2. The van der Waals surface area contributed by atoms with Crippen LogP contribution in [-0.2, 0) is 28.9 Å². The summed E-state index contributed by atoms with van der Waals surface area (Å²) in [6.07, 6.45) is 0.209. The molecule has 10 heteroatoms. The minimum Gasteiger partial charge on any atom is -0.545 e. The van der Waals surface area contributed by atoms with Crippen molar-refractivity contribution < 1.29 is 38.9 Å². The molecule has 0 bridgehead atoms. The van der Waals surface area contributed by atoms with Gasteiger partial charge in [-0.15, -0.1) is 0 Å². The molecule has 0 saturated heterocycles. The van der Waals surface area contributed by atoms with Crippen molar-refractivity contribution in [3.05, 3.63) is 118 Å². The van der Waals surface area contributed by atoms with Gasteiger partial charge in [-0.3, -0.25) is 9.59 Å². The number of methoxy groups -OCH3 is 2. The molecule has 4 rings (SSSR count). The van der Waals surface area contributed by atoms with E-state index in [0.717, 1.165) is 0 Å². The number of anilines is 2. The average Bonchev–Trinajstić information content (AvgIpc) is 2.99. The molecule has 4 aromatic carbocycles. The number of benzene rings is 4. The van der Waals surface area contributed by atoms with Gasteiger partial charge in [0.1, 0.15) is 11.5 Å². The fraction of sp³-hybridized carbons (Fsp3) is 0.152. The molecule has 0 fully saturated rings. The zero-order chi connectivity index (χ0) is 30.9. The summed E-state index contributed by atoms with van der Waals surface area (Å²) < 4.78 is 10.2. The highest BCUT2D eigenvalue weighted by Gasteiger charge is 2.13. The lowest BCUT2D eigenvalue weighted by molar-refractivity contribution is -0.256. The molecule has 10 nitrogen and oxygen atoms in total. The van der Waals surface area contributed by atoms with Crippen LogP contribution in [0.15, 0.2) is 84.9 Å². The minimum atomic E-state index is -1.48. The lowest BCUT2D eigenvalue weighted by Gasteiger charge is -2.16. The van der Waals surface area contributed by atoms with E-state index >= 15 is 0 Å². The molecule has 2 N–H and O–H groups in total. The second kappa shape index (κ2) is 13.8. The summed E-state index contributed by atoms with van der Waals surface area (Å²) in [4.78, 5) is 48.9. The Labute approximate surface area is 247 Å². The van der Waals surface area contributed by atoms with Crippen molar-refractivity contribution in [2.24, 2.45) is 0 Å². The van der Waals surface area contributed by atoms with Gasteiger partial charge in [0.2, 0.25) is 11.8 Å². The standard InChI is InChI=1S/C33H30N2O8/c1-42-24-9-3-20(4-10-24)18-30(36)34-28-13-7-22(16-26(28)32(38)39)15-23-8-14-29(27(17-23)33(40)41)35-31(37)19-21-5-11-25(43-2)12-6-21/h3-14,16-17H,15,18-19H2,1-2H3,(H,34,36)(H,35,37)(H,38,39)(H,40,41)/p-2. The molecule has 4 aromatic rings. The molecule has 0 aliphatic heterocycles. The first kappa shape index (κ1) is 30.3. The molecule has 0 spiro atoms. The second-order valence-corrected chi connectivity index (χ2v) is 9.66. The number of carboxylic acids is 2. The maximum absolute atomic E-state index is 12.6. The van der Waals surface area contributed by atoms with Gasteiger partial charge >= 0.3 is 0 Å². The monoisotopic (exact) mass is 580 g/mol. The Morgan fingerprint density at radius 3 is 1.23 bits per heavy atom. The summed E-state index contributed by atoms with van der Waals surface area (Å²) in [5.74, 6) is -2.49. The number of hydrogen-bond acceptors (Lipinski definition) is 8. The van der Waals surface area contributed by atoms with Crippen molar-refractivity contribution in [3.8, 4) is 11.5 Å². The molecule has 0 heterocycles. The largest absolute Gasteiger partial charge is 0.545 e. The Kier molecular flexibility index (Phi) is 9.74. The smallest absolute Gasteiger partial charge is 0.228 e. The Bertz CT molecular complexity index is 1520. The van der Waals surface area contributed by atoms with E-state index in [-0.39, 0.29) is 41.8 Å². The molecule has 0 aromatic heterocycles. The van der Waals surface area contributed by atoms with Crippen LogP contribution in [0.4, 0.5) is 11.4 Å². The maximum atomic E-state index is 12.6. The third-order valence-electron chi connectivity index (χ3n) is 6.61. The van der Waals surface area contributed by atoms with Crippen molar-refractivity contribution >= 4 is 35.1 Å². The summed E-state index contributed by atoms with van der Waals surface area (Å²) in [5.41, 5.74) is 2.22. The fourth-order valence-corrected chi connectivity index (χ4v) is 4.44. The highest BCUT2D eigenvalue weighted by molar-refractivity contribution is 6.01. The van der Waals surface area contributed by atoms with Crippen LogP contribution in [0.2, 0.25) is 0 Å². The normalized spacial score (nSPS) is 10.5. The molecule has 0 atom stereocenters. The summed E-state index contributed by atoms with van der Waals surface area (Å²) in [7, 11) is 3.08. The Balaban J connectivity index is 1.45. The predicted octanol–water partition coefficient (Wildman–Crippen LogP) is 2.38. The van der Waals surface area contributed by atoms with E-state index in [4.69, 9.17) is 9.47 Å². The fourth-order valence-electron chi connectivity index (χ4n) is 4.44. The Hall–Kier alpha value is -5.64. The van der Waals surface area contributed by atoms with Crippen LogP contribution >= 0.6 is 0 Å².